The maximum absolute atomic E-state index is 12.8. The van der Waals surface area contributed by atoms with Crippen LogP contribution in [-0.4, -0.2) is 50.1 Å². The predicted octanol–water partition coefficient (Wildman–Crippen LogP) is 3.71. The monoisotopic (exact) mass is 455 g/mol. The number of carbonyl (C=O) groups excluding carboxylic acids is 2. The number of hydrogen-bond acceptors (Lipinski definition) is 5. The van der Waals surface area contributed by atoms with E-state index in [2.05, 4.69) is 5.32 Å². The van der Waals surface area contributed by atoms with Gasteiger partial charge < -0.3 is 25.4 Å². The van der Waals surface area contributed by atoms with Gasteiger partial charge in [-0.25, -0.2) is 0 Å². The Morgan fingerprint density at radius 1 is 1.18 bits per heavy atom. The van der Waals surface area contributed by atoms with Crippen LogP contribution in [0, 0.1) is 0 Å². The van der Waals surface area contributed by atoms with E-state index < -0.39 is 5.91 Å². The third kappa shape index (κ3) is 7.49. The van der Waals surface area contributed by atoms with E-state index in [1.54, 1.807) is 13.2 Å². The van der Waals surface area contributed by atoms with Gasteiger partial charge >= 0.3 is 0 Å². The molecule has 0 saturated carbocycles. The van der Waals surface area contributed by atoms with Crippen LogP contribution in [0.3, 0.4) is 0 Å². The summed E-state index contributed by atoms with van der Waals surface area (Å²) < 4.78 is 11.0. The van der Waals surface area contributed by atoms with Gasteiger partial charge in [0.15, 0.2) is 0 Å². The summed E-state index contributed by atoms with van der Waals surface area (Å²) in [5.41, 5.74) is 7.95. The maximum atomic E-state index is 12.8. The van der Waals surface area contributed by atoms with E-state index in [9.17, 15) is 9.59 Å². The number of likely N-dealkylation sites (tertiary alicyclic amines) is 1. The molecule has 1 unspecified atom stereocenters. The van der Waals surface area contributed by atoms with Gasteiger partial charge in [-0.2, -0.15) is 0 Å². The molecule has 1 heterocycles. The van der Waals surface area contributed by atoms with Crippen LogP contribution in [0.2, 0.25) is 0 Å². The van der Waals surface area contributed by atoms with E-state index in [1.807, 2.05) is 62.1 Å². The normalized spacial score (nSPS) is 15.3. The highest BCUT2D eigenvalue weighted by molar-refractivity contribution is 5.92. The third-order valence-electron chi connectivity index (χ3n) is 5.58. The summed E-state index contributed by atoms with van der Waals surface area (Å²) in [7, 11) is 1.62. The standard InChI is InChI=1S/C24H31N3O4.C2H6/c1-3-31-22-13-21(30-2)10-9-19(22)14-26-15-23(28)27-11-5-8-20(16-27)17-6-4-7-18(12-17)24(25)29;1-2/h4,6-7,9-10,12-13,20,26H,3,5,8,11,14-16H2,1-2H3,(H2,25,29);1-2H3. The highest BCUT2D eigenvalue weighted by Crippen LogP contribution is 2.28. The van der Waals surface area contributed by atoms with Crippen LogP contribution in [0.15, 0.2) is 42.5 Å². The molecule has 0 aromatic heterocycles. The van der Waals surface area contributed by atoms with Crippen molar-refractivity contribution in [3.63, 3.8) is 0 Å². The fourth-order valence-corrected chi connectivity index (χ4v) is 3.94. The predicted molar refractivity (Wildman–Crippen MR) is 131 cm³/mol. The first-order chi connectivity index (χ1) is 16.0. The van der Waals surface area contributed by atoms with Crippen molar-refractivity contribution in [2.24, 2.45) is 5.73 Å². The Labute approximate surface area is 197 Å². The fourth-order valence-electron chi connectivity index (χ4n) is 3.94. The van der Waals surface area contributed by atoms with Crippen molar-refractivity contribution in [1.82, 2.24) is 10.2 Å². The molecule has 1 aliphatic rings. The zero-order chi connectivity index (χ0) is 24.2. The summed E-state index contributed by atoms with van der Waals surface area (Å²) >= 11 is 0. The number of nitrogens with zero attached hydrogens (tertiary/aromatic N) is 1. The molecule has 180 valence electrons. The highest BCUT2D eigenvalue weighted by atomic mass is 16.5. The van der Waals surface area contributed by atoms with Crippen LogP contribution in [0.25, 0.3) is 0 Å². The number of hydrogen-bond donors (Lipinski definition) is 2. The number of amides is 2. The Kier molecular flexibility index (Phi) is 10.7. The molecule has 2 aromatic carbocycles. The van der Waals surface area contributed by atoms with Crippen molar-refractivity contribution in [2.45, 2.75) is 46.1 Å². The van der Waals surface area contributed by atoms with E-state index >= 15 is 0 Å². The molecule has 7 heteroatoms. The van der Waals surface area contributed by atoms with Crippen molar-refractivity contribution >= 4 is 11.8 Å². The summed E-state index contributed by atoms with van der Waals surface area (Å²) in [6.07, 6.45) is 1.92. The van der Waals surface area contributed by atoms with Gasteiger partial charge in [0.2, 0.25) is 11.8 Å². The molecule has 2 aromatic rings. The van der Waals surface area contributed by atoms with Gasteiger partial charge in [0.1, 0.15) is 11.5 Å². The van der Waals surface area contributed by atoms with Crippen LogP contribution >= 0.6 is 0 Å². The van der Waals surface area contributed by atoms with E-state index in [0.29, 0.717) is 25.3 Å². The Morgan fingerprint density at radius 2 is 1.97 bits per heavy atom. The average molecular weight is 456 g/mol. The first kappa shape index (κ1) is 26.2. The number of rotatable bonds is 9. The molecular formula is C26H37N3O4. The Morgan fingerprint density at radius 3 is 2.67 bits per heavy atom. The molecule has 1 aliphatic heterocycles. The summed E-state index contributed by atoms with van der Waals surface area (Å²) in [4.78, 5) is 26.2. The molecule has 3 N–H and O–H groups in total. The van der Waals surface area contributed by atoms with Gasteiger partial charge in [0, 0.05) is 42.7 Å². The van der Waals surface area contributed by atoms with E-state index in [4.69, 9.17) is 15.2 Å². The quantitative estimate of drug-likeness (QED) is 0.601. The van der Waals surface area contributed by atoms with Gasteiger partial charge in [-0.1, -0.05) is 32.0 Å². The molecule has 0 radical (unpaired) electrons. The molecule has 3 rings (SSSR count). The average Bonchev–Trinajstić information content (AvgIpc) is 2.86. The number of benzene rings is 2. The van der Waals surface area contributed by atoms with Crippen LogP contribution < -0.4 is 20.5 Å². The molecule has 7 nitrogen and oxygen atoms in total. The lowest BCUT2D eigenvalue weighted by molar-refractivity contribution is -0.131. The first-order valence-corrected chi connectivity index (χ1v) is 11.7. The van der Waals surface area contributed by atoms with E-state index in [1.165, 1.54) is 0 Å². The van der Waals surface area contributed by atoms with Gasteiger partial charge in [-0.15, -0.1) is 0 Å². The Bertz CT molecular complexity index is 916. The SMILES string of the molecule is CC.CCOc1cc(OC)ccc1CNCC(=O)N1CCCC(c2cccc(C(N)=O)c2)C1. The molecular weight excluding hydrogens is 418 g/mol. The van der Waals surface area contributed by atoms with Crippen LogP contribution in [0.4, 0.5) is 0 Å². The van der Waals surface area contributed by atoms with E-state index in [0.717, 1.165) is 42.0 Å². The zero-order valence-corrected chi connectivity index (χ0v) is 20.2. The molecule has 1 atom stereocenters. The van der Waals surface area contributed by atoms with Crippen molar-refractivity contribution in [3.8, 4) is 11.5 Å². The number of nitrogens with one attached hydrogen (secondary N) is 1. The second-order valence-electron chi connectivity index (χ2n) is 7.68. The molecule has 33 heavy (non-hydrogen) atoms. The smallest absolute Gasteiger partial charge is 0.248 e. The number of nitrogens with two attached hydrogens (primary N) is 1. The van der Waals surface area contributed by atoms with Crippen LogP contribution in [0.1, 0.15) is 61.0 Å². The summed E-state index contributed by atoms with van der Waals surface area (Å²) in [5, 5.41) is 3.24. The second kappa shape index (κ2) is 13.5. The molecule has 1 fully saturated rings. The number of primary amides is 1. The van der Waals surface area contributed by atoms with Gasteiger partial charge in [-0.05, 0) is 43.5 Å². The minimum absolute atomic E-state index is 0.0715. The topological polar surface area (TPSA) is 93.9 Å². The summed E-state index contributed by atoms with van der Waals surface area (Å²) in [6.45, 7) is 8.68. The molecule has 0 bridgehead atoms. The highest BCUT2D eigenvalue weighted by Gasteiger charge is 2.25. The van der Waals surface area contributed by atoms with Crippen molar-refractivity contribution in [1.29, 1.82) is 0 Å². The first-order valence-electron chi connectivity index (χ1n) is 11.7. The lowest BCUT2D eigenvalue weighted by Crippen LogP contribution is -2.43. The number of piperidine rings is 1. The maximum Gasteiger partial charge on any atom is 0.248 e. The zero-order valence-electron chi connectivity index (χ0n) is 20.2. The molecule has 0 spiro atoms. The number of ether oxygens (including phenoxy) is 2. The number of methoxy groups -OCH3 is 1. The van der Waals surface area contributed by atoms with Crippen LogP contribution in [0.5, 0.6) is 11.5 Å². The lowest BCUT2D eigenvalue weighted by Gasteiger charge is -2.33. The third-order valence-corrected chi connectivity index (χ3v) is 5.58. The fraction of sp³-hybridized carbons (Fsp3) is 0.462. The van der Waals surface area contributed by atoms with Gasteiger partial charge in [-0.3, -0.25) is 9.59 Å². The van der Waals surface area contributed by atoms with Gasteiger partial charge in [0.05, 0.1) is 20.3 Å². The van der Waals surface area contributed by atoms with Crippen molar-refractivity contribution < 1.29 is 19.1 Å². The minimum atomic E-state index is -0.431. The molecule has 1 saturated heterocycles. The molecule has 0 aliphatic carbocycles. The second-order valence-corrected chi connectivity index (χ2v) is 7.68. The lowest BCUT2D eigenvalue weighted by atomic mass is 9.89. The molecule has 2 amide bonds. The minimum Gasteiger partial charge on any atom is -0.497 e. The van der Waals surface area contributed by atoms with E-state index in [-0.39, 0.29) is 18.4 Å². The summed E-state index contributed by atoms with van der Waals surface area (Å²) in [6, 6.07) is 13.1. The Balaban J connectivity index is 0.00000187. The largest absolute Gasteiger partial charge is 0.497 e. The van der Waals surface area contributed by atoms with Gasteiger partial charge in [0.25, 0.3) is 0 Å². The Hall–Kier alpha value is -3.06. The van der Waals surface area contributed by atoms with Crippen LogP contribution in [-0.2, 0) is 11.3 Å². The van der Waals surface area contributed by atoms with Crippen molar-refractivity contribution in [2.75, 3.05) is 33.4 Å². The van der Waals surface area contributed by atoms with Crippen molar-refractivity contribution in [3.05, 3.63) is 59.2 Å². The summed E-state index contributed by atoms with van der Waals surface area (Å²) in [5.74, 6) is 1.35. The number of carbonyl (C=O) groups is 2.